The molecule has 4 nitrogen and oxygen atoms in total. The first-order valence-electron chi connectivity index (χ1n) is 6.90. The highest BCUT2D eigenvalue weighted by molar-refractivity contribution is 5.98. The summed E-state index contributed by atoms with van der Waals surface area (Å²) in [6.07, 6.45) is 1.22. The minimum absolute atomic E-state index is 0.277. The zero-order valence-electron chi connectivity index (χ0n) is 11.7. The van der Waals surface area contributed by atoms with E-state index in [-0.39, 0.29) is 5.56 Å². The fraction of sp³-hybridized carbons (Fsp3) is 0.375. The average Bonchev–Trinajstić information content (AvgIpc) is 3.12. The number of para-hydroxylation sites is 1. The van der Waals surface area contributed by atoms with Gasteiger partial charge in [0.15, 0.2) is 0 Å². The molecule has 1 aromatic carbocycles. The topological polar surface area (TPSA) is 53.4 Å². The molecule has 0 amide bonds. The van der Waals surface area contributed by atoms with Gasteiger partial charge in [0.1, 0.15) is 11.4 Å². The summed E-state index contributed by atoms with van der Waals surface area (Å²) in [4.78, 5) is 18.0. The Bertz CT molecular complexity index is 669. The number of anilines is 1. The number of carboxylic acids is 1. The molecule has 20 heavy (non-hydrogen) atoms. The summed E-state index contributed by atoms with van der Waals surface area (Å²) < 4.78 is 0. The largest absolute Gasteiger partial charge is 0.478 e. The van der Waals surface area contributed by atoms with Crippen molar-refractivity contribution in [3.8, 4) is 0 Å². The zero-order chi connectivity index (χ0) is 14.3. The molecule has 1 aliphatic carbocycles. The Morgan fingerprint density at radius 1 is 1.45 bits per heavy atom. The van der Waals surface area contributed by atoms with Gasteiger partial charge in [-0.2, -0.15) is 0 Å². The number of hydrogen-bond donors (Lipinski definition) is 1. The van der Waals surface area contributed by atoms with E-state index in [9.17, 15) is 9.90 Å². The molecule has 2 unspecified atom stereocenters. The maximum Gasteiger partial charge on any atom is 0.339 e. The van der Waals surface area contributed by atoms with E-state index in [2.05, 4.69) is 11.9 Å². The lowest BCUT2D eigenvalue weighted by Gasteiger charge is -2.20. The van der Waals surface area contributed by atoms with Gasteiger partial charge in [-0.1, -0.05) is 25.1 Å². The minimum Gasteiger partial charge on any atom is -0.478 e. The highest BCUT2D eigenvalue weighted by Gasteiger charge is 2.34. The maximum atomic E-state index is 11.5. The standard InChI is InChI=1S/C16H18N2O2/c1-10-7-12(10)9-18(2)15-13(16(19)20)8-11-5-3-4-6-14(11)17-15/h3-6,8,10,12H,7,9H2,1-2H3,(H,19,20). The second kappa shape index (κ2) is 4.78. The van der Waals surface area contributed by atoms with Crippen LogP contribution in [0, 0.1) is 11.8 Å². The molecular formula is C16H18N2O2. The van der Waals surface area contributed by atoms with Gasteiger partial charge in [-0.3, -0.25) is 0 Å². The molecule has 104 valence electrons. The van der Waals surface area contributed by atoms with Crippen molar-refractivity contribution < 1.29 is 9.90 Å². The number of pyridine rings is 1. The van der Waals surface area contributed by atoms with Crippen LogP contribution in [-0.4, -0.2) is 29.7 Å². The van der Waals surface area contributed by atoms with Gasteiger partial charge in [0.05, 0.1) is 5.52 Å². The first-order chi connectivity index (χ1) is 9.56. The Hall–Kier alpha value is -2.10. The predicted octanol–water partition coefficient (Wildman–Crippen LogP) is 3.03. The van der Waals surface area contributed by atoms with E-state index in [1.54, 1.807) is 6.07 Å². The van der Waals surface area contributed by atoms with Crippen molar-refractivity contribution in [3.63, 3.8) is 0 Å². The van der Waals surface area contributed by atoms with Gasteiger partial charge in [0, 0.05) is 19.0 Å². The Morgan fingerprint density at radius 3 is 2.80 bits per heavy atom. The van der Waals surface area contributed by atoms with Gasteiger partial charge >= 0.3 is 5.97 Å². The van der Waals surface area contributed by atoms with Crippen molar-refractivity contribution in [2.24, 2.45) is 11.8 Å². The lowest BCUT2D eigenvalue weighted by atomic mass is 10.1. The van der Waals surface area contributed by atoms with Gasteiger partial charge in [-0.25, -0.2) is 9.78 Å². The number of benzene rings is 1. The van der Waals surface area contributed by atoms with Crippen molar-refractivity contribution in [2.75, 3.05) is 18.5 Å². The summed E-state index contributed by atoms with van der Waals surface area (Å²) >= 11 is 0. The molecular weight excluding hydrogens is 252 g/mol. The number of aromatic nitrogens is 1. The van der Waals surface area contributed by atoms with E-state index < -0.39 is 5.97 Å². The van der Waals surface area contributed by atoms with Crippen molar-refractivity contribution in [1.82, 2.24) is 4.98 Å². The summed E-state index contributed by atoms with van der Waals surface area (Å²) in [6, 6.07) is 9.33. The summed E-state index contributed by atoms with van der Waals surface area (Å²) in [6.45, 7) is 3.09. The molecule has 2 atom stereocenters. The Morgan fingerprint density at radius 2 is 2.15 bits per heavy atom. The molecule has 0 spiro atoms. The lowest BCUT2D eigenvalue weighted by Crippen LogP contribution is -2.24. The predicted molar refractivity (Wildman–Crippen MR) is 79.2 cm³/mol. The number of carboxylic acid groups (broad SMARTS) is 1. The Kier molecular flexibility index (Phi) is 3.08. The van der Waals surface area contributed by atoms with Crippen LogP contribution in [0.5, 0.6) is 0 Å². The van der Waals surface area contributed by atoms with Crippen molar-refractivity contribution >= 4 is 22.7 Å². The molecule has 4 heteroatoms. The Labute approximate surface area is 118 Å². The molecule has 1 fully saturated rings. The van der Waals surface area contributed by atoms with E-state index >= 15 is 0 Å². The summed E-state index contributed by atoms with van der Waals surface area (Å²) in [5.41, 5.74) is 1.11. The van der Waals surface area contributed by atoms with Crippen LogP contribution in [0.1, 0.15) is 23.7 Å². The first kappa shape index (κ1) is 12.9. The fourth-order valence-corrected chi connectivity index (χ4v) is 2.65. The van der Waals surface area contributed by atoms with Gasteiger partial charge in [-0.05, 0) is 30.4 Å². The molecule has 2 aromatic rings. The fourth-order valence-electron chi connectivity index (χ4n) is 2.65. The molecule has 0 bridgehead atoms. The molecule has 0 saturated heterocycles. The Balaban J connectivity index is 2.02. The van der Waals surface area contributed by atoms with Crippen LogP contribution < -0.4 is 4.90 Å². The van der Waals surface area contributed by atoms with Crippen molar-refractivity contribution in [1.29, 1.82) is 0 Å². The number of hydrogen-bond acceptors (Lipinski definition) is 3. The molecule has 0 radical (unpaired) electrons. The van der Waals surface area contributed by atoms with Gasteiger partial charge in [0.2, 0.25) is 0 Å². The minimum atomic E-state index is -0.922. The van der Waals surface area contributed by atoms with Crippen LogP contribution in [-0.2, 0) is 0 Å². The van der Waals surface area contributed by atoms with Crippen LogP contribution in [0.4, 0.5) is 5.82 Å². The van der Waals surface area contributed by atoms with Crippen LogP contribution >= 0.6 is 0 Å². The van der Waals surface area contributed by atoms with E-state index in [0.29, 0.717) is 11.7 Å². The molecule has 3 rings (SSSR count). The molecule has 1 N–H and O–H groups in total. The van der Waals surface area contributed by atoms with E-state index in [1.165, 1.54) is 6.42 Å². The summed E-state index contributed by atoms with van der Waals surface area (Å²) in [7, 11) is 1.93. The van der Waals surface area contributed by atoms with Gasteiger partial charge < -0.3 is 10.0 Å². The van der Waals surface area contributed by atoms with Gasteiger partial charge in [-0.15, -0.1) is 0 Å². The monoisotopic (exact) mass is 270 g/mol. The third-order valence-electron chi connectivity index (χ3n) is 4.08. The normalized spacial score (nSPS) is 20.9. The number of rotatable bonds is 4. The second-order valence-corrected chi connectivity index (χ2v) is 5.71. The second-order valence-electron chi connectivity index (χ2n) is 5.71. The number of fused-ring (bicyclic) bond motifs is 1. The van der Waals surface area contributed by atoms with E-state index in [4.69, 9.17) is 0 Å². The SMILES string of the molecule is CC1CC1CN(C)c1nc2ccccc2cc1C(=O)O. The molecule has 1 heterocycles. The number of nitrogens with zero attached hydrogens (tertiary/aromatic N) is 2. The zero-order valence-corrected chi connectivity index (χ0v) is 11.7. The van der Waals surface area contributed by atoms with E-state index in [1.807, 2.05) is 36.2 Å². The van der Waals surface area contributed by atoms with Crippen molar-refractivity contribution in [3.05, 3.63) is 35.9 Å². The van der Waals surface area contributed by atoms with Crippen LogP contribution in [0.15, 0.2) is 30.3 Å². The highest BCUT2D eigenvalue weighted by atomic mass is 16.4. The smallest absolute Gasteiger partial charge is 0.339 e. The van der Waals surface area contributed by atoms with Gasteiger partial charge in [0.25, 0.3) is 0 Å². The lowest BCUT2D eigenvalue weighted by molar-refractivity contribution is 0.0697. The third kappa shape index (κ3) is 2.33. The molecule has 1 aliphatic rings. The summed E-state index contributed by atoms with van der Waals surface area (Å²) in [5, 5.41) is 10.3. The maximum absolute atomic E-state index is 11.5. The average molecular weight is 270 g/mol. The van der Waals surface area contributed by atoms with Crippen molar-refractivity contribution in [2.45, 2.75) is 13.3 Å². The summed E-state index contributed by atoms with van der Waals surface area (Å²) in [5.74, 6) is 1.05. The molecule has 0 aliphatic heterocycles. The first-order valence-corrected chi connectivity index (χ1v) is 6.90. The quantitative estimate of drug-likeness (QED) is 0.927. The molecule has 1 saturated carbocycles. The van der Waals surface area contributed by atoms with E-state index in [0.717, 1.165) is 23.4 Å². The van der Waals surface area contributed by atoms with Crippen LogP contribution in [0.2, 0.25) is 0 Å². The number of aromatic carboxylic acids is 1. The highest BCUT2D eigenvalue weighted by Crippen LogP contribution is 2.39. The number of carbonyl (C=O) groups is 1. The van der Waals surface area contributed by atoms with Crippen LogP contribution in [0.3, 0.4) is 0 Å². The molecule has 1 aromatic heterocycles. The van der Waals surface area contributed by atoms with Crippen LogP contribution in [0.25, 0.3) is 10.9 Å². The third-order valence-corrected chi connectivity index (χ3v) is 4.08.